The number of aromatic nitrogens is 1. The van der Waals surface area contributed by atoms with E-state index in [0.29, 0.717) is 36.9 Å². The minimum atomic E-state index is -0.635. The molecule has 0 N–H and O–H groups in total. The monoisotopic (exact) mass is 482 g/mol. The molecular weight excluding hydrogens is 460 g/mol. The summed E-state index contributed by atoms with van der Waals surface area (Å²) in [4.78, 5) is 31.6. The molecule has 0 fully saturated rings. The van der Waals surface area contributed by atoms with Gasteiger partial charge in [-0.15, -0.1) is 0 Å². The van der Waals surface area contributed by atoms with Crippen LogP contribution in [-0.2, 0) is 9.53 Å². The van der Waals surface area contributed by atoms with E-state index in [1.807, 2.05) is 31.2 Å². The van der Waals surface area contributed by atoms with Crippen molar-refractivity contribution in [2.24, 2.45) is 4.99 Å². The number of fused-ring (bicyclic) bond motifs is 1. The van der Waals surface area contributed by atoms with Crippen molar-refractivity contribution in [1.82, 2.24) is 4.57 Å². The number of allylic oxidation sites excluding steroid dienone is 1. The standard InChI is InChI=1S/C25H23ClN2O4S/c1-5-32-24(30)21-15(3)27-25-28(22(21)16-8-6-14(2)7-9-16)23(29)20(33-25)13-17-12-18(26)10-11-19(17)31-4/h6-13,22H,5H2,1-4H3/b20-13-/t22-/m0/s1. The van der Waals surface area contributed by atoms with E-state index in [2.05, 4.69) is 4.99 Å². The average Bonchev–Trinajstić information content (AvgIpc) is 3.08. The Labute approximate surface area is 200 Å². The minimum absolute atomic E-state index is 0.231. The smallest absolute Gasteiger partial charge is 0.338 e. The Kier molecular flexibility index (Phi) is 6.54. The molecule has 1 aliphatic rings. The first-order chi connectivity index (χ1) is 15.8. The predicted octanol–water partition coefficient (Wildman–Crippen LogP) is 3.77. The van der Waals surface area contributed by atoms with Crippen LogP contribution < -0.4 is 19.6 Å². The van der Waals surface area contributed by atoms with Crippen molar-refractivity contribution >= 4 is 35.0 Å². The summed E-state index contributed by atoms with van der Waals surface area (Å²) in [5, 5.41) is 0.535. The lowest BCUT2D eigenvalue weighted by Crippen LogP contribution is -2.39. The maximum atomic E-state index is 13.6. The maximum absolute atomic E-state index is 13.6. The number of nitrogens with zero attached hydrogens (tertiary/aromatic N) is 2. The Balaban J connectivity index is 1.97. The molecule has 6 nitrogen and oxygen atoms in total. The van der Waals surface area contributed by atoms with Crippen LogP contribution in [-0.4, -0.2) is 24.3 Å². The number of hydrogen-bond donors (Lipinski definition) is 0. The quantitative estimate of drug-likeness (QED) is 0.519. The third-order valence-corrected chi connectivity index (χ3v) is 6.61. The highest BCUT2D eigenvalue weighted by molar-refractivity contribution is 7.07. The number of rotatable bonds is 5. The summed E-state index contributed by atoms with van der Waals surface area (Å²) in [6.07, 6.45) is 1.74. The molecule has 2 aromatic carbocycles. The first-order valence-electron chi connectivity index (χ1n) is 10.4. The predicted molar refractivity (Wildman–Crippen MR) is 130 cm³/mol. The van der Waals surface area contributed by atoms with Crippen LogP contribution in [0.2, 0.25) is 5.02 Å². The Morgan fingerprint density at radius 1 is 1.21 bits per heavy atom. The number of esters is 1. The van der Waals surface area contributed by atoms with Crippen molar-refractivity contribution < 1.29 is 14.3 Å². The zero-order valence-corrected chi connectivity index (χ0v) is 20.3. The summed E-state index contributed by atoms with van der Waals surface area (Å²) in [5.74, 6) is 0.124. The van der Waals surface area contributed by atoms with Crippen molar-refractivity contribution in [3.8, 4) is 5.75 Å². The summed E-state index contributed by atoms with van der Waals surface area (Å²) >= 11 is 7.43. The summed E-state index contributed by atoms with van der Waals surface area (Å²) in [6.45, 7) is 5.74. The highest BCUT2D eigenvalue weighted by Gasteiger charge is 2.33. The van der Waals surface area contributed by atoms with Gasteiger partial charge in [0.1, 0.15) is 5.75 Å². The second-order valence-corrected chi connectivity index (χ2v) is 9.04. The topological polar surface area (TPSA) is 69.9 Å². The van der Waals surface area contributed by atoms with E-state index in [4.69, 9.17) is 21.1 Å². The number of carbonyl (C=O) groups is 1. The highest BCUT2D eigenvalue weighted by Crippen LogP contribution is 2.31. The third kappa shape index (κ3) is 4.38. The van der Waals surface area contributed by atoms with E-state index >= 15 is 0 Å². The number of aryl methyl sites for hydroxylation is 1. The van der Waals surface area contributed by atoms with E-state index in [-0.39, 0.29) is 12.2 Å². The Morgan fingerprint density at radius 3 is 2.61 bits per heavy atom. The first-order valence-corrected chi connectivity index (χ1v) is 11.6. The van der Waals surface area contributed by atoms with Crippen LogP contribution in [0.5, 0.6) is 5.75 Å². The molecule has 1 atom stereocenters. The largest absolute Gasteiger partial charge is 0.496 e. The fraction of sp³-hybridized carbons (Fsp3) is 0.240. The van der Waals surface area contributed by atoms with Gasteiger partial charge in [-0.05, 0) is 50.6 Å². The van der Waals surface area contributed by atoms with Crippen molar-refractivity contribution in [1.29, 1.82) is 0 Å². The number of methoxy groups -OCH3 is 1. The second kappa shape index (κ2) is 9.37. The van der Waals surface area contributed by atoms with Crippen LogP contribution in [0.3, 0.4) is 0 Å². The van der Waals surface area contributed by atoms with Crippen LogP contribution in [0.25, 0.3) is 6.08 Å². The second-order valence-electron chi connectivity index (χ2n) is 7.60. The third-order valence-electron chi connectivity index (χ3n) is 5.39. The number of benzene rings is 2. The lowest BCUT2D eigenvalue weighted by atomic mass is 9.95. The molecule has 0 radical (unpaired) electrons. The Bertz CT molecular complexity index is 1430. The van der Waals surface area contributed by atoms with Gasteiger partial charge in [0.15, 0.2) is 4.80 Å². The maximum Gasteiger partial charge on any atom is 0.338 e. The van der Waals surface area contributed by atoms with Crippen molar-refractivity contribution in [2.45, 2.75) is 26.8 Å². The zero-order chi connectivity index (χ0) is 23.7. The summed E-state index contributed by atoms with van der Waals surface area (Å²) in [7, 11) is 1.56. The molecule has 4 rings (SSSR count). The zero-order valence-electron chi connectivity index (χ0n) is 18.7. The van der Waals surface area contributed by atoms with Crippen molar-refractivity contribution in [2.75, 3.05) is 13.7 Å². The van der Waals surface area contributed by atoms with E-state index in [1.54, 1.807) is 49.8 Å². The van der Waals surface area contributed by atoms with Gasteiger partial charge in [0.2, 0.25) is 0 Å². The van der Waals surface area contributed by atoms with Gasteiger partial charge in [0.25, 0.3) is 5.56 Å². The fourth-order valence-electron chi connectivity index (χ4n) is 3.81. The lowest BCUT2D eigenvalue weighted by molar-refractivity contribution is -0.139. The molecule has 0 saturated carbocycles. The van der Waals surface area contributed by atoms with Gasteiger partial charge in [-0.25, -0.2) is 9.79 Å². The minimum Gasteiger partial charge on any atom is -0.496 e. The van der Waals surface area contributed by atoms with Gasteiger partial charge in [-0.3, -0.25) is 9.36 Å². The number of ether oxygens (including phenoxy) is 2. The van der Waals surface area contributed by atoms with Gasteiger partial charge in [0.05, 0.1) is 35.6 Å². The SMILES string of the molecule is CCOC(=O)C1=C(C)N=c2s/c(=C\c3cc(Cl)ccc3OC)c(=O)n2[C@H]1c1ccc(C)cc1. The van der Waals surface area contributed by atoms with Crippen molar-refractivity contribution in [3.63, 3.8) is 0 Å². The molecule has 0 amide bonds. The van der Waals surface area contributed by atoms with E-state index in [1.165, 1.54) is 11.3 Å². The van der Waals surface area contributed by atoms with Crippen LogP contribution in [0.1, 0.15) is 36.6 Å². The first kappa shape index (κ1) is 23.0. The van der Waals surface area contributed by atoms with Crippen LogP contribution in [0.4, 0.5) is 0 Å². The lowest BCUT2D eigenvalue weighted by Gasteiger charge is -2.24. The number of halogens is 1. The number of carbonyl (C=O) groups excluding carboxylic acids is 1. The number of hydrogen-bond acceptors (Lipinski definition) is 6. The van der Waals surface area contributed by atoms with Gasteiger partial charge < -0.3 is 9.47 Å². The average molecular weight is 483 g/mol. The molecule has 1 aromatic heterocycles. The number of thiazole rings is 1. The molecule has 170 valence electrons. The Morgan fingerprint density at radius 2 is 1.94 bits per heavy atom. The summed E-state index contributed by atoms with van der Waals surface area (Å²) in [6, 6.07) is 12.4. The molecule has 0 unspecified atom stereocenters. The van der Waals surface area contributed by atoms with Gasteiger partial charge in [-0.1, -0.05) is 52.8 Å². The normalized spacial score (nSPS) is 15.8. The van der Waals surface area contributed by atoms with Crippen LogP contribution >= 0.6 is 22.9 Å². The van der Waals surface area contributed by atoms with E-state index < -0.39 is 12.0 Å². The molecule has 0 aliphatic carbocycles. The Hall–Kier alpha value is -3.16. The summed E-state index contributed by atoms with van der Waals surface area (Å²) < 4.78 is 12.8. The van der Waals surface area contributed by atoms with E-state index in [0.717, 1.165) is 11.1 Å². The van der Waals surface area contributed by atoms with Gasteiger partial charge in [0, 0.05) is 10.6 Å². The molecule has 0 bridgehead atoms. The van der Waals surface area contributed by atoms with Crippen molar-refractivity contribution in [3.05, 3.63) is 95.1 Å². The molecule has 33 heavy (non-hydrogen) atoms. The molecule has 0 spiro atoms. The fourth-order valence-corrected chi connectivity index (χ4v) is 5.03. The molecule has 2 heterocycles. The van der Waals surface area contributed by atoms with E-state index in [9.17, 15) is 9.59 Å². The molecular formula is C25H23ClN2O4S. The van der Waals surface area contributed by atoms with Crippen LogP contribution in [0.15, 0.2) is 63.5 Å². The molecule has 3 aromatic rings. The summed E-state index contributed by atoms with van der Waals surface area (Å²) in [5.41, 5.74) is 3.22. The molecule has 1 aliphatic heterocycles. The van der Waals surface area contributed by atoms with Gasteiger partial charge >= 0.3 is 5.97 Å². The highest BCUT2D eigenvalue weighted by atomic mass is 35.5. The molecule has 0 saturated heterocycles. The molecule has 8 heteroatoms. The van der Waals surface area contributed by atoms with Gasteiger partial charge in [-0.2, -0.15) is 0 Å². The van der Waals surface area contributed by atoms with Crippen LogP contribution in [0, 0.1) is 6.92 Å².